The summed E-state index contributed by atoms with van der Waals surface area (Å²) >= 11 is 12.0. The number of nitrogens with zero attached hydrogens (tertiary/aromatic N) is 1. The fourth-order valence-corrected chi connectivity index (χ4v) is 3.94. The standard InChI is InChI=1S/C18H25Cl2NO2/c19-15-6-5-14(13-16(15)20)7-10-23-18-4-2-1-3-17(18)21-8-11-22-12-9-21/h5-6,13,17-18H,1-4,7-12H2. The number of morpholine rings is 1. The average molecular weight is 358 g/mol. The second-order valence-electron chi connectivity index (χ2n) is 6.41. The van der Waals surface area contributed by atoms with Gasteiger partial charge in [0.15, 0.2) is 0 Å². The van der Waals surface area contributed by atoms with Gasteiger partial charge in [0.05, 0.1) is 36.0 Å². The first-order chi connectivity index (χ1) is 11.2. The van der Waals surface area contributed by atoms with Crippen molar-refractivity contribution in [3.8, 4) is 0 Å². The Morgan fingerprint density at radius 1 is 1.09 bits per heavy atom. The zero-order chi connectivity index (χ0) is 16.1. The van der Waals surface area contributed by atoms with E-state index >= 15 is 0 Å². The van der Waals surface area contributed by atoms with E-state index in [4.69, 9.17) is 32.7 Å². The summed E-state index contributed by atoms with van der Waals surface area (Å²) in [5.41, 5.74) is 1.18. The molecule has 5 heteroatoms. The maximum absolute atomic E-state index is 6.26. The molecule has 3 rings (SSSR count). The van der Waals surface area contributed by atoms with Crippen LogP contribution in [0.5, 0.6) is 0 Å². The van der Waals surface area contributed by atoms with Crippen LogP contribution in [-0.2, 0) is 15.9 Å². The highest BCUT2D eigenvalue weighted by molar-refractivity contribution is 6.42. The van der Waals surface area contributed by atoms with Crippen LogP contribution in [0.2, 0.25) is 10.0 Å². The quantitative estimate of drug-likeness (QED) is 0.788. The predicted molar refractivity (Wildman–Crippen MR) is 94.6 cm³/mol. The lowest BCUT2D eigenvalue weighted by atomic mass is 9.91. The van der Waals surface area contributed by atoms with Gasteiger partial charge in [0, 0.05) is 19.1 Å². The second-order valence-corrected chi connectivity index (χ2v) is 7.22. The monoisotopic (exact) mass is 357 g/mol. The van der Waals surface area contributed by atoms with E-state index < -0.39 is 0 Å². The average Bonchev–Trinajstić information content (AvgIpc) is 2.59. The van der Waals surface area contributed by atoms with Gasteiger partial charge in [0.1, 0.15) is 0 Å². The molecule has 1 heterocycles. The van der Waals surface area contributed by atoms with Gasteiger partial charge in [0.2, 0.25) is 0 Å². The molecule has 2 unspecified atom stereocenters. The minimum atomic E-state index is 0.352. The maximum atomic E-state index is 6.26. The van der Waals surface area contributed by atoms with E-state index in [1.54, 1.807) is 0 Å². The number of rotatable bonds is 5. The third-order valence-corrected chi connectivity index (χ3v) is 5.63. The number of hydrogen-bond donors (Lipinski definition) is 0. The molecule has 128 valence electrons. The van der Waals surface area contributed by atoms with Crippen molar-refractivity contribution in [2.24, 2.45) is 0 Å². The first kappa shape index (κ1) is 17.5. The lowest BCUT2D eigenvalue weighted by Gasteiger charge is -2.41. The molecule has 1 saturated carbocycles. The van der Waals surface area contributed by atoms with Gasteiger partial charge in [-0.2, -0.15) is 0 Å². The molecule has 0 N–H and O–H groups in total. The summed E-state index contributed by atoms with van der Waals surface area (Å²) < 4.78 is 11.7. The van der Waals surface area contributed by atoms with Gasteiger partial charge in [-0.25, -0.2) is 0 Å². The van der Waals surface area contributed by atoms with Crippen molar-refractivity contribution in [1.29, 1.82) is 0 Å². The smallest absolute Gasteiger partial charge is 0.0730 e. The van der Waals surface area contributed by atoms with Crippen molar-refractivity contribution in [1.82, 2.24) is 4.90 Å². The van der Waals surface area contributed by atoms with Gasteiger partial charge in [-0.05, 0) is 37.0 Å². The Labute approximate surface area is 148 Å². The third-order valence-electron chi connectivity index (χ3n) is 4.89. The first-order valence-electron chi connectivity index (χ1n) is 8.61. The normalized spacial score (nSPS) is 26.3. The first-order valence-corrected chi connectivity index (χ1v) is 9.37. The Morgan fingerprint density at radius 2 is 1.87 bits per heavy atom. The fourth-order valence-electron chi connectivity index (χ4n) is 3.62. The van der Waals surface area contributed by atoms with Crippen LogP contribution in [0.1, 0.15) is 31.2 Å². The number of hydrogen-bond acceptors (Lipinski definition) is 3. The molecule has 23 heavy (non-hydrogen) atoms. The summed E-state index contributed by atoms with van der Waals surface area (Å²) in [6.45, 7) is 4.52. The lowest BCUT2D eigenvalue weighted by molar-refractivity contribution is -0.0647. The summed E-state index contributed by atoms with van der Waals surface area (Å²) in [4.78, 5) is 2.56. The summed E-state index contributed by atoms with van der Waals surface area (Å²) in [6.07, 6.45) is 6.24. The van der Waals surface area contributed by atoms with Gasteiger partial charge in [-0.1, -0.05) is 42.1 Å². The Balaban J connectivity index is 1.51. The number of ether oxygens (including phenoxy) is 2. The largest absolute Gasteiger partial charge is 0.379 e. The van der Waals surface area contributed by atoms with Crippen molar-refractivity contribution in [2.45, 2.75) is 44.2 Å². The van der Waals surface area contributed by atoms with Crippen molar-refractivity contribution >= 4 is 23.2 Å². The molecule has 0 bridgehead atoms. The minimum absolute atomic E-state index is 0.352. The zero-order valence-corrected chi connectivity index (χ0v) is 15.0. The zero-order valence-electron chi connectivity index (χ0n) is 13.5. The summed E-state index contributed by atoms with van der Waals surface area (Å²) in [5, 5.41) is 1.23. The van der Waals surface area contributed by atoms with Crippen molar-refractivity contribution in [2.75, 3.05) is 32.9 Å². The topological polar surface area (TPSA) is 21.7 Å². The van der Waals surface area contributed by atoms with Crippen LogP contribution in [0, 0.1) is 0 Å². The lowest BCUT2D eigenvalue weighted by Crippen LogP contribution is -2.51. The predicted octanol–water partition coefficient (Wildman–Crippen LogP) is 4.20. The van der Waals surface area contributed by atoms with Crippen LogP contribution < -0.4 is 0 Å². The summed E-state index contributed by atoms with van der Waals surface area (Å²) in [5.74, 6) is 0. The van der Waals surface area contributed by atoms with Crippen LogP contribution >= 0.6 is 23.2 Å². The van der Waals surface area contributed by atoms with Crippen LogP contribution in [0.4, 0.5) is 0 Å². The summed E-state index contributed by atoms with van der Waals surface area (Å²) in [6, 6.07) is 6.38. The SMILES string of the molecule is Clc1ccc(CCOC2CCCCC2N2CCOCC2)cc1Cl. The number of benzene rings is 1. The molecule has 2 aliphatic rings. The van der Waals surface area contributed by atoms with Gasteiger partial charge in [-0.3, -0.25) is 4.90 Å². The molecule has 0 spiro atoms. The molecule has 3 nitrogen and oxygen atoms in total. The summed E-state index contributed by atoms with van der Waals surface area (Å²) in [7, 11) is 0. The van der Waals surface area contributed by atoms with Crippen molar-refractivity contribution < 1.29 is 9.47 Å². The van der Waals surface area contributed by atoms with E-state index in [2.05, 4.69) is 4.90 Å². The van der Waals surface area contributed by atoms with Crippen LogP contribution in [0.15, 0.2) is 18.2 Å². The molecule has 2 fully saturated rings. The molecule has 2 atom stereocenters. The molecule has 1 saturated heterocycles. The molecule has 0 aromatic heterocycles. The molecular weight excluding hydrogens is 333 g/mol. The highest BCUT2D eigenvalue weighted by Gasteiger charge is 2.31. The van der Waals surface area contributed by atoms with E-state index in [1.165, 1.54) is 31.2 Å². The Kier molecular flexibility index (Phi) is 6.61. The molecule has 1 aliphatic carbocycles. The van der Waals surface area contributed by atoms with Gasteiger partial charge in [0.25, 0.3) is 0 Å². The van der Waals surface area contributed by atoms with E-state index in [0.29, 0.717) is 22.2 Å². The molecule has 0 amide bonds. The molecular formula is C18H25Cl2NO2. The molecule has 0 radical (unpaired) electrons. The van der Waals surface area contributed by atoms with Gasteiger partial charge >= 0.3 is 0 Å². The van der Waals surface area contributed by atoms with Crippen molar-refractivity contribution in [3.63, 3.8) is 0 Å². The Hall–Kier alpha value is -0.320. The van der Waals surface area contributed by atoms with E-state index in [0.717, 1.165) is 39.3 Å². The molecule has 1 aromatic rings. The van der Waals surface area contributed by atoms with Crippen molar-refractivity contribution in [3.05, 3.63) is 33.8 Å². The van der Waals surface area contributed by atoms with Gasteiger partial charge < -0.3 is 9.47 Å². The van der Waals surface area contributed by atoms with Crippen LogP contribution in [0.25, 0.3) is 0 Å². The second kappa shape index (κ2) is 8.68. The van der Waals surface area contributed by atoms with Gasteiger partial charge in [-0.15, -0.1) is 0 Å². The van der Waals surface area contributed by atoms with Crippen LogP contribution in [0.3, 0.4) is 0 Å². The molecule has 1 aliphatic heterocycles. The Bertz CT molecular complexity index is 506. The minimum Gasteiger partial charge on any atom is -0.379 e. The van der Waals surface area contributed by atoms with Crippen LogP contribution in [-0.4, -0.2) is 50.0 Å². The molecule has 1 aromatic carbocycles. The van der Waals surface area contributed by atoms with E-state index in [9.17, 15) is 0 Å². The maximum Gasteiger partial charge on any atom is 0.0730 e. The highest BCUT2D eigenvalue weighted by Crippen LogP contribution is 2.27. The highest BCUT2D eigenvalue weighted by atomic mass is 35.5. The van der Waals surface area contributed by atoms with E-state index in [1.807, 2.05) is 18.2 Å². The number of halogens is 2. The Morgan fingerprint density at radius 3 is 2.65 bits per heavy atom. The third kappa shape index (κ3) is 4.83. The van der Waals surface area contributed by atoms with E-state index in [-0.39, 0.29) is 0 Å². The fraction of sp³-hybridized carbons (Fsp3) is 0.667.